The van der Waals surface area contributed by atoms with Crippen molar-refractivity contribution >= 4 is 29.4 Å². The van der Waals surface area contributed by atoms with Crippen LogP contribution < -0.4 is 0 Å². The summed E-state index contributed by atoms with van der Waals surface area (Å²) in [7, 11) is 0. The molecule has 1 aliphatic heterocycles. The van der Waals surface area contributed by atoms with E-state index < -0.39 is 0 Å². The van der Waals surface area contributed by atoms with E-state index in [-0.39, 0.29) is 17.5 Å². The molecule has 5 nitrogen and oxygen atoms in total. The molecule has 0 spiro atoms. The summed E-state index contributed by atoms with van der Waals surface area (Å²) in [6.45, 7) is 1.98. The van der Waals surface area contributed by atoms with Crippen LogP contribution >= 0.6 is 0 Å². The summed E-state index contributed by atoms with van der Waals surface area (Å²) < 4.78 is 5.42. The molecule has 0 saturated heterocycles. The van der Waals surface area contributed by atoms with Gasteiger partial charge < -0.3 is 4.74 Å². The van der Waals surface area contributed by atoms with E-state index in [1.54, 1.807) is 24.3 Å². The van der Waals surface area contributed by atoms with Gasteiger partial charge in [0, 0.05) is 17.2 Å². The predicted octanol–water partition coefficient (Wildman–Crippen LogP) is 3.20. The smallest absolute Gasteiger partial charge is 0.287 e. The molecule has 0 aromatic heterocycles. The van der Waals surface area contributed by atoms with Crippen LogP contribution in [0.5, 0.6) is 0 Å². The first-order chi connectivity index (χ1) is 11.6. The van der Waals surface area contributed by atoms with E-state index in [2.05, 4.69) is 10.2 Å². The van der Waals surface area contributed by atoms with E-state index in [4.69, 9.17) is 4.74 Å². The topological polar surface area (TPSA) is 68.1 Å². The second-order valence-corrected chi connectivity index (χ2v) is 5.22. The number of ether oxygens (including phenoxy) is 1. The predicted molar refractivity (Wildman–Crippen MR) is 91.9 cm³/mol. The van der Waals surface area contributed by atoms with Crippen LogP contribution in [0.2, 0.25) is 0 Å². The maximum absolute atomic E-state index is 11.9. The zero-order valence-electron chi connectivity index (χ0n) is 13.0. The molecule has 0 saturated carbocycles. The van der Waals surface area contributed by atoms with E-state index >= 15 is 0 Å². The molecule has 0 bridgehead atoms. The van der Waals surface area contributed by atoms with Crippen molar-refractivity contribution in [1.82, 2.24) is 0 Å². The van der Waals surface area contributed by atoms with Gasteiger partial charge in [-0.2, -0.15) is 5.10 Å². The number of hydrogen-bond acceptors (Lipinski definition) is 5. The third-order valence-electron chi connectivity index (χ3n) is 3.40. The Labute approximate surface area is 139 Å². The molecule has 118 valence electrons. The normalized spacial score (nSPS) is 15.6. The standard InChI is InChI=1S/C19H14N2O3/c1-13-7-9-15(10-8-13)18-11-16(22)19(24-18)21-20-12-17(23)14-5-3-2-4-6-14/h2-12H,1H3/b20-12-,21-19-. The van der Waals surface area contributed by atoms with Gasteiger partial charge in [-0.15, -0.1) is 5.10 Å². The van der Waals surface area contributed by atoms with Crippen molar-refractivity contribution in [3.63, 3.8) is 0 Å². The quantitative estimate of drug-likeness (QED) is 0.494. The highest BCUT2D eigenvalue weighted by Crippen LogP contribution is 2.22. The molecule has 1 heterocycles. The Hall–Kier alpha value is -3.34. The van der Waals surface area contributed by atoms with Crippen LogP contribution in [0.3, 0.4) is 0 Å². The van der Waals surface area contributed by atoms with E-state index in [0.717, 1.165) is 17.3 Å². The van der Waals surface area contributed by atoms with E-state index in [9.17, 15) is 9.59 Å². The number of carbonyl (C=O) groups is 2. The Kier molecular flexibility index (Phi) is 4.43. The minimum Gasteiger partial charge on any atom is -0.434 e. The molecule has 2 aromatic carbocycles. The van der Waals surface area contributed by atoms with E-state index in [0.29, 0.717) is 11.3 Å². The number of ketones is 2. The maximum atomic E-state index is 11.9. The van der Waals surface area contributed by atoms with Crippen LogP contribution in [0.25, 0.3) is 5.76 Å². The Morgan fingerprint density at radius 3 is 2.46 bits per heavy atom. The minimum absolute atomic E-state index is 0.150. The van der Waals surface area contributed by atoms with Gasteiger partial charge in [-0.1, -0.05) is 60.2 Å². The number of Topliss-reactive ketones (excluding diaryl/α,β-unsaturated/α-hetero) is 1. The molecule has 1 aliphatic rings. The lowest BCUT2D eigenvalue weighted by Crippen LogP contribution is -2.07. The van der Waals surface area contributed by atoms with Crippen molar-refractivity contribution < 1.29 is 14.3 Å². The first-order valence-corrected chi connectivity index (χ1v) is 7.35. The molecule has 0 amide bonds. The highest BCUT2D eigenvalue weighted by molar-refractivity contribution is 6.45. The van der Waals surface area contributed by atoms with Gasteiger partial charge in [-0.05, 0) is 6.92 Å². The summed E-state index contributed by atoms with van der Waals surface area (Å²) >= 11 is 0. The van der Waals surface area contributed by atoms with Crippen LogP contribution in [0, 0.1) is 6.92 Å². The molecule has 3 rings (SSSR count). The summed E-state index contributed by atoms with van der Waals surface area (Å²) in [6.07, 6.45) is 2.42. The van der Waals surface area contributed by atoms with Crippen molar-refractivity contribution in [3.05, 3.63) is 77.4 Å². The highest BCUT2D eigenvalue weighted by atomic mass is 16.5. The van der Waals surface area contributed by atoms with Crippen molar-refractivity contribution in [1.29, 1.82) is 0 Å². The minimum atomic E-state index is -0.380. The third-order valence-corrected chi connectivity index (χ3v) is 3.40. The summed E-state index contributed by atoms with van der Waals surface area (Å²) in [5, 5.41) is 7.36. The second-order valence-electron chi connectivity index (χ2n) is 5.22. The number of benzene rings is 2. The molecular weight excluding hydrogens is 304 g/mol. The summed E-state index contributed by atoms with van der Waals surface area (Å²) in [6, 6.07) is 16.3. The van der Waals surface area contributed by atoms with Gasteiger partial charge >= 0.3 is 0 Å². The fourth-order valence-electron chi connectivity index (χ4n) is 2.11. The van der Waals surface area contributed by atoms with Gasteiger partial charge in [0.25, 0.3) is 5.90 Å². The van der Waals surface area contributed by atoms with Gasteiger partial charge in [-0.3, -0.25) is 9.59 Å². The molecule has 0 atom stereocenters. The fraction of sp³-hybridized carbons (Fsp3) is 0.0526. The van der Waals surface area contributed by atoms with Gasteiger partial charge in [0.2, 0.25) is 11.6 Å². The van der Waals surface area contributed by atoms with Crippen LogP contribution in [0.15, 0.2) is 70.9 Å². The maximum Gasteiger partial charge on any atom is 0.287 e. The molecule has 0 N–H and O–H groups in total. The Bertz CT molecular complexity index is 863. The number of rotatable bonds is 4. The molecule has 0 unspecified atom stereocenters. The van der Waals surface area contributed by atoms with Crippen molar-refractivity contribution in [3.8, 4) is 0 Å². The lowest BCUT2D eigenvalue weighted by molar-refractivity contribution is -0.109. The second kappa shape index (κ2) is 6.83. The molecule has 24 heavy (non-hydrogen) atoms. The number of carbonyl (C=O) groups excluding carboxylic acids is 2. The monoisotopic (exact) mass is 318 g/mol. The molecule has 2 aromatic rings. The van der Waals surface area contributed by atoms with Crippen LogP contribution in [0.4, 0.5) is 0 Å². The van der Waals surface area contributed by atoms with Crippen molar-refractivity contribution in [2.75, 3.05) is 0 Å². The summed E-state index contributed by atoms with van der Waals surface area (Å²) in [4.78, 5) is 23.7. The average Bonchev–Trinajstić information content (AvgIpc) is 2.97. The van der Waals surface area contributed by atoms with Gasteiger partial charge in [-0.25, -0.2) is 0 Å². The number of aryl methyl sites for hydroxylation is 1. The summed E-state index contributed by atoms with van der Waals surface area (Å²) in [5.74, 6) is -0.405. The first-order valence-electron chi connectivity index (χ1n) is 7.35. The fourth-order valence-corrected chi connectivity index (χ4v) is 2.11. The first kappa shape index (κ1) is 15.6. The van der Waals surface area contributed by atoms with Crippen LogP contribution in [0.1, 0.15) is 21.5 Å². The van der Waals surface area contributed by atoms with E-state index in [1.165, 1.54) is 6.08 Å². The third kappa shape index (κ3) is 3.52. The molecule has 0 fully saturated rings. The van der Waals surface area contributed by atoms with Crippen LogP contribution in [-0.2, 0) is 9.53 Å². The largest absolute Gasteiger partial charge is 0.434 e. The average molecular weight is 318 g/mol. The van der Waals surface area contributed by atoms with E-state index in [1.807, 2.05) is 37.3 Å². The lowest BCUT2D eigenvalue weighted by Gasteiger charge is -2.02. The molecular formula is C19H14N2O3. The van der Waals surface area contributed by atoms with Crippen LogP contribution in [-0.4, -0.2) is 23.7 Å². The van der Waals surface area contributed by atoms with Crippen molar-refractivity contribution in [2.24, 2.45) is 10.2 Å². The van der Waals surface area contributed by atoms with Gasteiger partial charge in [0.15, 0.2) is 0 Å². The molecule has 5 heteroatoms. The van der Waals surface area contributed by atoms with Gasteiger partial charge in [0.1, 0.15) is 5.76 Å². The SMILES string of the molecule is Cc1ccc(C2=CC(=O)/C(=N/N=C\C(=O)c3ccccc3)O2)cc1. The van der Waals surface area contributed by atoms with Gasteiger partial charge in [0.05, 0.1) is 6.21 Å². The molecule has 0 aliphatic carbocycles. The highest BCUT2D eigenvalue weighted by Gasteiger charge is 2.23. The molecule has 0 radical (unpaired) electrons. The zero-order valence-corrected chi connectivity index (χ0v) is 13.0. The number of nitrogens with zero attached hydrogens (tertiary/aromatic N) is 2. The number of hydrogen-bond donors (Lipinski definition) is 0. The Morgan fingerprint density at radius 1 is 1.04 bits per heavy atom. The Morgan fingerprint density at radius 2 is 1.75 bits per heavy atom. The lowest BCUT2D eigenvalue weighted by atomic mass is 10.1. The zero-order chi connectivity index (χ0) is 16.9. The Balaban J connectivity index is 1.69. The summed E-state index contributed by atoms with van der Waals surface area (Å²) in [5.41, 5.74) is 2.39. The van der Waals surface area contributed by atoms with Crippen molar-refractivity contribution in [2.45, 2.75) is 6.92 Å².